The quantitative estimate of drug-likeness (QED) is 0.410. The number of carbonyl (C=O) groups is 2. The molecule has 0 aliphatic heterocycles. The number of urea groups is 1. The number of hydrogen-bond donors (Lipinski definition) is 1. The largest absolute Gasteiger partial charge is 0.464 e. The Kier molecular flexibility index (Phi) is 8.75. The first-order valence-electron chi connectivity index (χ1n) is 8.17. The summed E-state index contributed by atoms with van der Waals surface area (Å²) in [6.07, 6.45) is 3.63. The Hall–Kier alpha value is -2.18. The summed E-state index contributed by atoms with van der Waals surface area (Å²) in [5.41, 5.74) is 0.234. The molecule has 0 aliphatic carbocycles. The summed E-state index contributed by atoms with van der Waals surface area (Å²) in [4.78, 5) is 23.9. The molecule has 0 aliphatic rings. The van der Waals surface area contributed by atoms with E-state index in [1.165, 1.54) is 12.1 Å². The normalized spacial score (nSPS) is 11.7. The lowest BCUT2D eigenvalue weighted by atomic mass is 10.1. The Bertz CT molecular complexity index is 523. The monoisotopic (exact) mass is 342 g/mol. The lowest BCUT2D eigenvalue weighted by Crippen LogP contribution is -2.42. The second kappa shape index (κ2) is 10.6. The Balaban J connectivity index is 2.69. The van der Waals surface area contributed by atoms with Crippen molar-refractivity contribution in [3.63, 3.8) is 0 Å². The van der Waals surface area contributed by atoms with Crippen LogP contribution in [-0.4, -0.2) is 29.8 Å². The minimum atomic E-state index is -1.29. The molecule has 0 fully saturated rings. The van der Waals surface area contributed by atoms with Crippen molar-refractivity contribution in [3.8, 4) is 0 Å². The summed E-state index contributed by atoms with van der Waals surface area (Å²) in [7, 11) is 0. The maximum absolute atomic E-state index is 14.4. The number of hydrogen-bond acceptors (Lipinski definition) is 3. The SMILES string of the molecule is CCCCCCC(C(=O)OCC)N(F)C(=O)Nc1ccc(F)cc1. The van der Waals surface area contributed by atoms with Crippen molar-refractivity contribution in [3.05, 3.63) is 30.1 Å². The van der Waals surface area contributed by atoms with E-state index in [4.69, 9.17) is 4.74 Å². The molecule has 0 saturated carbocycles. The van der Waals surface area contributed by atoms with E-state index < -0.39 is 23.9 Å². The van der Waals surface area contributed by atoms with Gasteiger partial charge in [-0.1, -0.05) is 37.1 Å². The van der Waals surface area contributed by atoms with Gasteiger partial charge in [0.2, 0.25) is 0 Å². The Morgan fingerprint density at radius 2 is 1.83 bits per heavy atom. The average Bonchev–Trinajstić information content (AvgIpc) is 2.56. The third kappa shape index (κ3) is 6.52. The molecule has 0 aromatic heterocycles. The van der Waals surface area contributed by atoms with Crippen LogP contribution >= 0.6 is 0 Å². The smallest absolute Gasteiger partial charge is 0.350 e. The third-order valence-electron chi connectivity index (χ3n) is 3.45. The molecular formula is C17H24F2N2O3. The lowest BCUT2D eigenvalue weighted by Gasteiger charge is -2.22. The molecule has 7 heteroatoms. The lowest BCUT2D eigenvalue weighted by molar-refractivity contribution is -0.153. The number of halogens is 2. The predicted octanol–water partition coefficient (Wildman–Crippen LogP) is 4.45. The third-order valence-corrected chi connectivity index (χ3v) is 3.45. The van der Waals surface area contributed by atoms with E-state index in [-0.39, 0.29) is 23.8 Å². The predicted molar refractivity (Wildman–Crippen MR) is 87.5 cm³/mol. The van der Waals surface area contributed by atoms with E-state index >= 15 is 0 Å². The van der Waals surface area contributed by atoms with Gasteiger partial charge in [-0.25, -0.2) is 14.0 Å². The van der Waals surface area contributed by atoms with Gasteiger partial charge in [0.05, 0.1) is 6.61 Å². The first-order chi connectivity index (χ1) is 11.5. The van der Waals surface area contributed by atoms with Crippen molar-refractivity contribution in [2.45, 2.75) is 52.0 Å². The summed E-state index contributed by atoms with van der Waals surface area (Å²) < 4.78 is 32.0. The molecule has 0 spiro atoms. The van der Waals surface area contributed by atoms with Crippen LogP contribution < -0.4 is 5.32 Å². The van der Waals surface area contributed by atoms with Crippen molar-refractivity contribution in [1.82, 2.24) is 5.12 Å². The van der Waals surface area contributed by atoms with E-state index in [9.17, 15) is 18.5 Å². The summed E-state index contributed by atoms with van der Waals surface area (Å²) in [5, 5.41) is 2.14. The van der Waals surface area contributed by atoms with E-state index in [0.717, 1.165) is 31.4 Å². The van der Waals surface area contributed by atoms with Gasteiger partial charge in [0.15, 0.2) is 6.04 Å². The molecule has 1 unspecified atom stereocenters. The van der Waals surface area contributed by atoms with E-state index in [1.807, 2.05) is 6.92 Å². The number of ether oxygens (including phenoxy) is 1. The first kappa shape index (κ1) is 19.9. The fourth-order valence-electron chi connectivity index (χ4n) is 2.18. The van der Waals surface area contributed by atoms with E-state index in [1.54, 1.807) is 6.92 Å². The van der Waals surface area contributed by atoms with Gasteiger partial charge in [0.25, 0.3) is 0 Å². The maximum Gasteiger partial charge on any atom is 0.350 e. The Morgan fingerprint density at radius 1 is 1.17 bits per heavy atom. The highest BCUT2D eigenvalue weighted by molar-refractivity contribution is 5.91. The molecule has 24 heavy (non-hydrogen) atoms. The van der Waals surface area contributed by atoms with Gasteiger partial charge in [-0.05, 0) is 37.6 Å². The zero-order chi connectivity index (χ0) is 17.9. The van der Waals surface area contributed by atoms with Crippen molar-refractivity contribution >= 4 is 17.7 Å². The van der Waals surface area contributed by atoms with Gasteiger partial charge in [-0.2, -0.15) is 0 Å². The van der Waals surface area contributed by atoms with Gasteiger partial charge in [0, 0.05) is 5.69 Å². The minimum Gasteiger partial charge on any atom is -0.464 e. The maximum atomic E-state index is 14.4. The van der Waals surface area contributed by atoms with Gasteiger partial charge in [-0.15, -0.1) is 5.12 Å². The van der Waals surface area contributed by atoms with E-state index in [2.05, 4.69) is 5.32 Å². The zero-order valence-corrected chi connectivity index (χ0v) is 14.1. The molecule has 1 rings (SSSR count). The number of nitrogens with zero attached hydrogens (tertiary/aromatic N) is 1. The number of anilines is 1. The van der Waals surface area contributed by atoms with Crippen LogP contribution in [0.25, 0.3) is 0 Å². The van der Waals surface area contributed by atoms with Gasteiger partial charge < -0.3 is 10.1 Å². The zero-order valence-electron chi connectivity index (χ0n) is 14.1. The fraction of sp³-hybridized carbons (Fsp3) is 0.529. The molecule has 2 amide bonds. The fourth-order valence-corrected chi connectivity index (χ4v) is 2.18. The molecule has 134 valence electrons. The summed E-state index contributed by atoms with van der Waals surface area (Å²) in [6, 6.07) is 2.53. The van der Waals surface area contributed by atoms with Gasteiger partial charge >= 0.3 is 12.0 Å². The van der Waals surface area contributed by atoms with Gasteiger partial charge in [0.1, 0.15) is 5.82 Å². The van der Waals surface area contributed by atoms with E-state index in [0.29, 0.717) is 6.42 Å². The molecule has 0 radical (unpaired) electrons. The minimum absolute atomic E-state index is 0.109. The highest BCUT2D eigenvalue weighted by Gasteiger charge is 2.31. The number of nitrogens with one attached hydrogen (secondary N) is 1. The number of carbonyl (C=O) groups excluding carboxylic acids is 2. The number of amides is 2. The summed E-state index contributed by atoms with van der Waals surface area (Å²) >= 11 is 0. The molecular weight excluding hydrogens is 318 g/mol. The van der Waals surface area contributed by atoms with Crippen LogP contribution in [0.5, 0.6) is 0 Å². The van der Waals surface area contributed by atoms with Crippen LogP contribution in [0.3, 0.4) is 0 Å². The summed E-state index contributed by atoms with van der Waals surface area (Å²) in [6.45, 7) is 3.77. The molecule has 0 heterocycles. The molecule has 5 nitrogen and oxygen atoms in total. The number of unbranched alkanes of at least 4 members (excludes halogenated alkanes) is 3. The van der Waals surface area contributed by atoms with Crippen LogP contribution in [0.4, 0.5) is 19.4 Å². The van der Waals surface area contributed by atoms with Crippen LogP contribution in [0.1, 0.15) is 46.0 Å². The number of esters is 1. The second-order valence-corrected chi connectivity index (χ2v) is 5.37. The van der Waals surface area contributed by atoms with Crippen LogP contribution in [0.15, 0.2) is 24.3 Å². The van der Waals surface area contributed by atoms with Crippen molar-refractivity contribution in [1.29, 1.82) is 0 Å². The van der Waals surface area contributed by atoms with Crippen molar-refractivity contribution in [2.24, 2.45) is 0 Å². The second-order valence-electron chi connectivity index (χ2n) is 5.37. The molecule has 0 saturated heterocycles. The molecule has 1 atom stereocenters. The molecule has 1 aromatic rings. The molecule has 0 bridgehead atoms. The summed E-state index contributed by atoms with van der Waals surface area (Å²) in [5.74, 6) is -1.24. The highest BCUT2D eigenvalue weighted by Crippen LogP contribution is 2.16. The topological polar surface area (TPSA) is 58.6 Å². The average molecular weight is 342 g/mol. The first-order valence-corrected chi connectivity index (χ1v) is 8.17. The highest BCUT2D eigenvalue weighted by atomic mass is 19.2. The number of benzene rings is 1. The van der Waals surface area contributed by atoms with Crippen LogP contribution in [0, 0.1) is 5.82 Å². The molecule has 1 aromatic carbocycles. The standard InChI is InChI=1S/C17H24F2N2O3/c1-3-5-6-7-8-15(16(22)24-4-2)21(19)17(23)20-14-11-9-13(18)10-12-14/h9-12,15H,3-8H2,1-2H3,(H,20,23). The Morgan fingerprint density at radius 3 is 2.42 bits per heavy atom. The molecule has 1 N–H and O–H groups in total. The van der Waals surface area contributed by atoms with Gasteiger partial charge in [-0.3, -0.25) is 0 Å². The van der Waals surface area contributed by atoms with Crippen LogP contribution in [-0.2, 0) is 9.53 Å². The van der Waals surface area contributed by atoms with Crippen molar-refractivity contribution in [2.75, 3.05) is 11.9 Å². The van der Waals surface area contributed by atoms with Crippen LogP contribution in [0.2, 0.25) is 0 Å². The Labute approximate surface area is 140 Å². The number of rotatable bonds is 9. The van der Waals surface area contributed by atoms with Crippen molar-refractivity contribution < 1.29 is 23.2 Å².